The van der Waals surface area contributed by atoms with E-state index in [1.54, 1.807) is 24.3 Å². The molecule has 0 saturated carbocycles. The van der Waals surface area contributed by atoms with Gasteiger partial charge in [-0.2, -0.15) is 0 Å². The number of hydrogen-bond acceptors (Lipinski definition) is 3. The first-order chi connectivity index (χ1) is 12.7. The average molecular weight is 410 g/mol. The van der Waals surface area contributed by atoms with Crippen molar-refractivity contribution in [3.8, 4) is 0 Å². The molecule has 9 heteroatoms. The lowest BCUT2D eigenvalue weighted by atomic mass is 9.92. The van der Waals surface area contributed by atoms with Crippen molar-refractivity contribution in [3.05, 3.63) is 63.9 Å². The van der Waals surface area contributed by atoms with Crippen molar-refractivity contribution in [1.82, 2.24) is 10.2 Å². The fraction of sp³-hybridized carbons (Fsp3) is 0.167. The lowest BCUT2D eigenvalue weighted by molar-refractivity contribution is -0.133. The molecule has 0 aliphatic carbocycles. The fourth-order valence-corrected chi connectivity index (χ4v) is 3.04. The fourth-order valence-electron chi connectivity index (χ4n) is 2.75. The summed E-state index contributed by atoms with van der Waals surface area (Å²) in [6, 6.07) is 9.37. The van der Waals surface area contributed by atoms with E-state index in [0.29, 0.717) is 10.6 Å². The van der Waals surface area contributed by atoms with Gasteiger partial charge in [-0.05, 0) is 42.8 Å². The van der Waals surface area contributed by atoms with Crippen molar-refractivity contribution in [2.45, 2.75) is 12.5 Å². The van der Waals surface area contributed by atoms with E-state index in [0.717, 1.165) is 11.0 Å². The highest BCUT2D eigenvalue weighted by molar-refractivity contribution is 6.31. The van der Waals surface area contributed by atoms with E-state index in [1.165, 1.54) is 19.1 Å². The number of anilines is 1. The molecular formula is C18H14Cl2FN3O3. The van der Waals surface area contributed by atoms with Gasteiger partial charge in [0.05, 0.1) is 5.69 Å². The molecule has 4 amide bonds. The number of halogens is 3. The molecule has 1 unspecified atom stereocenters. The second-order valence-corrected chi connectivity index (χ2v) is 7.00. The van der Waals surface area contributed by atoms with Crippen molar-refractivity contribution >= 4 is 46.7 Å². The predicted molar refractivity (Wildman–Crippen MR) is 99.1 cm³/mol. The third kappa shape index (κ3) is 3.74. The van der Waals surface area contributed by atoms with E-state index in [4.69, 9.17) is 23.2 Å². The monoisotopic (exact) mass is 409 g/mol. The Morgan fingerprint density at radius 3 is 2.44 bits per heavy atom. The quantitative estimate of drug-likeness (QED) is 0.757. The largest absolute Gasteiger partial charge is 0.325 e. The SMILES string of the molecule is CC1(c2ccc(Cl)cc2)NC(=O)N(CC(=O)Nc2cc(Cl)ccc2F)C1=O. The van der Waals surface area contributed by atoms with Crippen LogP contribution in [-0.4, -0.2) is 29.3 Å². The molecule has 0 spiro atoms. The van der Waals surface area contributed by atoms with Crippen LogP contribution in [0.3, 0.4) is 0 Å². The molecule has 1 aliphatic rings. The van der Waals surface area contributed by atoms with E-state index in [9.17, 15) is 18.8 Å². The molecule has 0 bridgehead atoms. The highest BCUT2D eigenvalue weighted by atomic mass is 35.5. The van der Waals surface area contributed by atoms with Gasteiger partial charge in [0.2, 0.25) is 5.91 Å². The highest BCUT2D eigenvalue weighted by Gasteiger charge is 2.49. The van der Waals surface area contributed by atoms with Crippen LogP contribution in [0.4, 0.5) is 14.9 Å². The van der Waals surface area contributed by atoms with Gasteiger partial charge in [0.25, 0.3) is 5.91 Å². The first kappa shape index (κ1) is 19.1. The van der Waals surface area contributed by atoms with Gasteiger partial charge in [-0.25, -0.2) is 9.18 Å². The first-order valence-electron chi connectivity index (χ1n) is 7.86. The summed E-state index contributed by atoms with van der Waals surface area (Å²) in [6.07, 6.45) is 0. The third-order valence-corrected chi connectivity index (χ3v) is 4.69. The molecule has 1 saturated heterocycles. The minimum absolute atomic E-state index is 0.139. The maximum Gasteiger partial charge on any atom is 0.325 e. The first-order valence-corrected chi connectivity index (χ1v) is 8.61. The molecule has 2 aromatic rings. The standard InChI is InChI=1S/C18H14Cl2FN3O3/c1-18(10-2-4-11(19)5-3-10)16(26)24(17(27)23-18)9-15(25)22-14-8-12(20)6-7-13(14)21/h2-8H,9H2,1H3,(H,22,25)(H,23,27). The number of nitrogens with one attached hydrogen (secondary N) is 2. The molecule has 0 radical (unpaired) electrons. The van der Waals surface area contributed by atoms with Gasteiger partial charge in [0.15, 0.2) is 0 Å². The third-order valence-electron chi connectivity index (χ3n) is 4.20. The predicted octanol–water partition coefficient (Wildman–Crippen LogP) is 3.54. The summed E-state index contributed by atoms with van der Waals surface area (Å²) in [5, 5.41) is 5.60. The van der Waals surface area contributed by atoms with Gasteiger partial charge >= 0.3 is 6.03 Å². The summed E-state index contributed by atoms with van der Waals surface area (Å²) in [5.74, 6) is -2.02. The van der Waals surface area contributed by atoms with E-state index in [-0.39, 0.29) is 10.7 Å². The topological polar surface area (TPSA) is 78.5 Å². The Morgan fingerprint density at radius 1 is 1.15 bits per heavy atom. The summed E-state index contributed by atoms with van der Waals surface area (Å²) in [5.41, 5.74) is -0.947. The van der Waals surface area contributed by atoms with Crippen molar-refractivity contribution in [3.63, 3.8) is 0 Å². The molecule has 0 aromatic heterocycles. The summed E-state index contributed by atoms with van der Waals surface area (Å²) >= 11 is 11.6. The highest BCUT2D eigenvalue weighted by Crippen LogP contribution is 2.29. The molecule has 2 N–H and O–H groups in total. The Labute approximate surface area is 164 Å². The molecule has 1 heterocycles. The van der Waals surface area contributed by atoms with Crippen LogP contribution in [0.2, 0.25) is 10.0 Å². The van der Waals surface area contributed by atoms with E-state index in [2.05, 4.69) is 10.6 Å². The average Bonchev–Trinajstić information content (AvgIpc) is 2.83. The molecule has 1 aliphatic heterocycles. The summed E-state index contributed by atoms with van der Waals surface area (Å²) < 4.78 is 13.7. The number of rotatable bonds is 4. The van der Waals surface area contributed by atoms with Crippen molar-refractivity contribution in [1.29, 1.82) is 0 Å². The Bertz CT molecular complexity index is 936. The number of urea groups is 1. The molecular weight excluding hydrogens is 396 g/mol. The van der Waals surface area contributed by atoms with Gasteiger partial charge in [-0.3, -0.25) is 14.5 Å². The Morgan fingerprint density at radius 2 is 1.78 bits per heavy atom. The number of carbonyl (C=O) groups is 3. The zero-order valence-electron chi connectivity index (χ0n) is 14.1. The lowest BCUT2D eigenvalue weighted by Gasteiger charge is -2.22. The van der Waals surface area contributed by atoms with Crippen molar-refractivity contribution in [2.75, 3.05) is 11.9 Å². The van der Waals surface area contributed by atoms with Crippen molar-refractivity contribution < 1.29 is 18.8 Å². The smallest absolute Gasteiger partial charge is 0.322 e. The van der Waals surface area contributed by atoms with Crippen LogP contribution in [-0.2, 0) is 15.1 Å². The summed E-state index contributed by atoms with van der Waals surface area (Å²) in [6.45, 7) is 0.963. The lowest BCUT2D eigenvalue weighted by Crippen LogP contribution is -2.42. The van der Waals surface area contributed by atoms with Crippen LogP contribution in [0.25, 0.3) is 0 Å². The van der Waals surface area contributed by atoms with Gasteiger partial charge in [-0.15, -0.1) is 0 Å². The van der Waals surface area contributed by atoms with E-state index in [1.807, 2.05) is 0 Å². The molecule has 27 heavy (non-hydrogen) atoms. The van der Waals surface area contributed by atoms with Crippen LogP contribution in [0.1, 0.15) is 12.5 Å². The number of amides is 4. The number of benzene rings is 2. The maximum atomic E-state index is 13.7. The molecule has 1 fully saturated rings. The molecule has 2 aromatic carbocycles. The van der Waals surface area contributed by atoms with Crippen LogP contribution < -0.4 is 10.6 Å². The normalized spacial score (nSPS) is 19.2. The summed E-state index contributed by atoms with van der Waals surface area (Å²) in [7, 11) is 0. The minimum Gasteiger partial charge on any atom is -0.322 e. The Balaban J connectivity index is 1.76. The van der Waals surface area contributed by atoms with Gasteiger partial charge in [0.1, 0.15) is 17.9 Å². The Kier molecular flexibility index (Phi) is 5.08. The Hall–Kier alpha value is -2.64. The molecule has 140 valence electrons. The van der Waals surface area contributed by atoms with Crippen LogP contribution in [0.5, 0.6) is 0 Å². The number of hydrogen-bond donors (Lipinski definition) is 2. The zero-order valence-corrected chi connectivity index (χ0v) is 15.6. The zero-order chi connectivity index (χ0) is 19.8. The molecule has 6 nitrogen and oxygen atoms in total. The van der Waals surface area contributed by atoms with Gasteiger partial charge < -0.3 is 10.6 Å². The van der Waals surface area contributed by atoms with E-state index >= 15 is 0 Å². The second kappa shape index (κ2) is 7.17. The number of carbonyl (C=O) groups excluding carboxylic acids is 3. The van der Waals surface area contributed by atoms with Crippen LogP contribution >= 0.6 is 23.2 Å². The van der Waals surface area contributed by atoms with Gasteiger partial charge in [0, 0.05) is 10.0 Å². The van der Waals surface area contributed by atoms with E-state index < -0.39 is 35.7 Å². The summed E-state index contributed by atoms with van der Waals surface area (Å²) in [4.78, 5) is 38.0. The van der Waals surface area contributed by atoms with Crippen molar-refractivity contribution in [2.24, 2.45) is 0 Å². The van der Waals surface area contributed by atoms with Crippen LogP contribution in [0, 0.1) is 5.82 Å². The second-order valence-electron chi connectivity index (χ2n) is 6.13. The maximum absolute atomic E-state index is 13.7. The molecule has 3 rings (SSSR count). The minimum atomic E-state index is -1.33. The number of imide groups is 1. The van der Waals surface area contributed by atoms with Gasteiger partial charge in [-0.1, -0.05) is 35.3 Å². The molecule has 1 atom stereocenters. The van der Waals surface area contributed by atoms with Crippen LogP contribution in [0.15, 0.2) is 42.5 Å². The number of nitrogens with zero attached hydrogens (tertiary/aromatic N) is 1.